The van der Waals surface area contributed by atoms with Gasteiger partial charge in [-0.2, -0.15) is 0 Å². The number of amides is 1. The van der Waals surface area contributed by atoms with E-state index in [0.29, 0.717) is 36.2 Å². The molecule has 2 heterocycles. The molecule has 2 N–H and O–H groups in total. The van der Waals surface area contributed by atoms with E-state index in [2.05, 4.69) is 20.8 Å². The van der Waals surface area contributed by atoms with Gasteiger partial charge in [-0.15, -0.1) is 10.2 Å². The van der Waals surface area contributed by atoms with Gasteiger partial charge in [-0.3, -0.25) is 4.79 Å². The summed E-state index contributed by atoms with van der Waals surface area (Å²) in [6, 6.07) is 14.6. The fraction of sp³-hybridized carbons (Fsp3) is 0.190. The van der Waals surface area contributed by atoms with Crippen molar-refractivity contribution in [2.24, 2.45) is 0 Å². The van der Waals surface area contributed by atoms with E-state index in [4.69, 9.17) is 9.47 Å². The van der Waals surface area contributed by atoms with Gasteiger partial charge in [0.15, 0.2) is 23.1 Å². The third-order valence-corrected chi connectivity index (χ3v) is 4.49. The zero-order valence-electron chi connectivity index (χ0n) is 15.7. The van der Waals surface area contributed by atoms with Crippen molar-refractivity contribution in [3.8, 4) is 11.5 Å². The Labute approximate surface area is 162 Å². The minimum Gasteiger partial charge on any atom is -0.486 e. The molecule has 142 valence electrons. The fourth-order valence-electron chi connectivity index (χ4n) is 2.81. The summed E-state index contributed by atoms with van der Waals surface area (Å²) in [5, 5.41) is 14.1. The molecule has 1 aliphatic heterocycles. The molecule has 0 unspecified atom stereocenters. The fourth-order valence-corrected chi connectivity index (χ4v) is 2.81. The highest BCUT2D eigenvalue weighted by Crippen LogP contribution is 2.33. The van der Waals surface area contributed by atoms with Gasteiger partial charge in [0, 0.05) is 17.3 Å². The van der Waals surface area contributed by atoms with Crippen LogP contribution in [0, 0.1) is 13.8 Å². The lowest BCUT2D eigenvalue weighted by Gasteiger charge is -2.19. The van der Waals surface area contributed by atoms with Gasteiger partial charge in [-0.05, 0) is 61.4 Å². The van der Waals surface area contributed by atoms with Crippen LogP contribution < -0.4 is 20.1 Å². The van der Waals surface area contributed by atoms with Crippen LogP contribution in [0.1, 0.15) is 21.5 Å². The number of aryl methyl sites for hydroxylation is 2. The van der Waals surface area contributed by atoms with Crippen LogP contribution in [0.3, 0.4) is 0 Å². The van der Waals surface area contributed by atoms with Gasteiger partial charge in [0.05, 0.1) is 0 Å². The summed E-state index contributed by atoms with van der Waals surface area (Å²) in [4.78, 5) is 12.4. The maximum absolute atomic E-state index is 12.4. The Bertz CT molecular complexity index is 1020. The summed E-state index contributed by atoms with van der Waals surface area (Å²) in [5.74, 6) is 2.15. The molecule has 7 nitrogen and oxygen atoms in total. The Kier molecular flexibility index (Phi) is 4.80. The lowest BCUT2D eigenvalue weighted by atomic mass is 10.1. The van der Waals surface area contributed by atoms with Gasteiger partial charge < -0.3 is 20.1 Å². The summed E-state index contributed by atoms with van der Waals surface area (Å²) >= 11 is 0. The first-order valence-corrected chi connectivity index (χ1v) is 8.97. The molecule has 2 aromatic carbocycles. The molecule has 0 fully saturated rings. The second kappa shape index (κ2) is 7.56. The van der Waals surface area contributed by atoms with Crippen LogP contribution in [0.5, 0.6) is 11.5 Å². The molecule has 4 rings (SSSR count). The largest absolute Gasteiger partial charge is 0.486 e. The molecule has 28 heavy (non-hydrogen) atoms. The highest BCUT2D eigenvalue weighted by Gasteiger charge is 2.12. The van der Waals surface area contributed by atoms with Crippen LogP contribution in [-0.2, 0) is 0 Å². The van der Waals surface area contributed by atoms with E-state index in [-0.39, 0.29) is 5.91 Å². The quantitative estimate of drug-likeness (QED) is 0.719. The maximum atomic E-state index is 12.4. The van der Waals surface area contributed by atoms with Crippen molar-refractivity contribution < 1.29 is 14.3 Å². The number of anilines is 3. The van der Waals surface area contributed by atoms with Crippen LogP contribution in [0.15, 0.2) is 48.5 Å². The van der Waals surface area contributed by atoms with Crippen LogP contribution in [0.2, 0.25) is 0 Å². The zero-order valence-corrected chi connectivity index (χ0v) is 15.7. The monoisotopic (exact) mass is 376 g/mol. The van der Waals surface area contributed by atoms with Gasteiger partial charge >= 0.3 is 0 Å². The molecular weight excluding hydrogens is 356 g/mol. The molecule has 0 saturated heterocycles. The average molecular weight is 376 g/mol. The van der Waals surface area contributed by atoms with Crippen molar-refractivity contribution in [2.45, 2.75) is 13.8 Å². The van der Waals surface area contributed by atoms with Gasteiger partial charge in [-0.1, -0.05) is 6.07 Å². The molecule has 0 spiro atoms. The molecule has 1 aliphatic rings. The van der Waals surface area contributed by atoms with Crippen LogP contribution in [0.25, 0.3) is 0 Å². The summed E-state index contributed by atoms with van der Waals surface area (Å²) < 4.78 is 11.1. The zero-order chi connectivity index (χ0) is 19.5. The Morgan fingerprint density at radius 3 is 2.36 bits per heavy atom. The maximum Gasteiger partial charge on any atom is 0.256 e. The van der Waals surface area contributed by atoms with Crippen molar-refractivity contribution in [1.29, 1.82) is 0 Å². The number of hydrogen-bond donors (Lipinski definition) is 2. The molecule has 7 heteroatoms. The molecule has 0 saturated carbocycles. The summed E-state index contributed by atoms with van der Waals surface area (Å²) in [6.45, 7) is 5.08. The summed E-state index contributed by atoms with van der Waals surface area (Å²) in [6.07, 6.45) is 0. The van der Waals surface area contributed by atoms with Crippen molar-refractivity contribution in [3.63, 3.8) is 0 Å². The lowest BCUT2D eigenvalue weighted by Crippen LogP contribution is -2.15. The Hall–Kier alpha value is -3.61. The lowest BCUT2D eigenvalue weighted by molar-refractivity contribution is 0.102. The van der Waals surface area contributed by atoms with Crippen LogP contribution in [-0.4, -0.2) is 29.3 Å². The first-order chi connectivity index (χ1) is 13.6. The highest BCUT2D eigenvalue weighted by atomic mass is 16.6. The van der Waals surface area contributed by atoms with E-state index >= 15 is 0 Å². The second-order valence-corrected chi connectivity index (χ2v) is 6.54. The molecule has 3 aromatic rings. The minimum absolute atomic E-state index is 0.218. The first-order valence-electron chi connectivity index (χ1n) is 8.97. The van der Waals surface area contributed by atoms with Gasteiger partial charge in [0.25, 0.3) is 5.91 Å². The van der Waals surface area contributed by atoms with E-state index in [1.54, 1.807) is 18.2 Å². The van der Waals surface area contributed by atoms with E-state index in [0.717, 1.165) is 22.6 Å². The topological polar surface area (TPSA) is 85.4 Å². The van der Waals surface area contributed by atoms with E-state index in [1.807, 2.05) is 44.2 Å². The minimum atomic E-state index is -0.218. The molecule has 0 aliphatic carbocycles. The van der Waals surface area contributed by atoms with Crippen molar-refractivity contribution >= 4 is 23.2 Å². The number of carbonyl (C=O) groups excluding carboxylic acids is 1. The van der Waals surface area contributed by atoms with Crippen LogP contribution >= 0.6 is 0 Å². The molecule has 1 amide bonds. The standard InChI is InChI=1S/C21H20N4O3/c1-13-3-4-15(11-14(13)2)21(26)23-20-8-7-19(24-25-20)22-16-5-6-17-18(12-16)28-10-9-27-17/h3-8,11-12H,9-10H2,1-2H3,(H,22,24)(H,23,25,26). The van der Waals surface area contributed by atoms with Crippen molar-refractivity contribution in [3.05, 3.63) is 65.2 Å². The van der Waals surface area contributed by atoms with Crippen molar-refractivity contribution in [1.82, 2.24) is 10.2 Å². The number of carbonyl (C=O) groups is 1. The predicted octanol–water partition coefficient (Wildman–Crippen LogP) is 3.86. The van der Waals surface area contributed by atoms with E-state index < -0.39 is 0 Å². The molecule has 0 bridgehead atoms. The number of benzene rings is 2. The number of rotatable bonds is 4. The van der Waals surface area contributed by atoms with E-state index in [9.17, 15) is 4.79 Å². The first kappa shape index (κ1) is 17.8. The normalized spacial score (nSPS) is 12.4. The molecular formula is C21H20N4O3. The van der Waals surface area contributed by atoms with Crippen LogP contribution in [0.4, 0.5) is 17.3 Å². The number of fused-ring (bicyclic) bond motifs is 1. The number of nitrogens with one attached hydrogen (secondary N) is 2. The summed E-state index contributed by atoms with van der Waals surface area (Å²) in [5.41, 5.74) is 3.61. The Balaban J connectivity index is 1.42. The smallest absolute Gasteiger partial charge is 0.256 e. The van der Waals surface area contributed by atoms with E-state index in [1.165, 1.54) is 0 Å². The predicted molar refractivity (Wildman–Crippen MR) is 107 cm³/mol. The average Bonchev–Trinajstić information content (AvgIpc) is 2.71. The third-order valence-electron chi connectivity index (χ3n) is 4.49. The van der Waals surface area contributed by atoms with Gasteiger partial charge in [-0.25, -0.2) is 0 Å². The Morgan fingerprint density at radius 1 is 0.857 bits per heavy atom. The van der Waals surface area contributed by atoms with Gasteiger partial charge in [0.1, 0.15) is 13.2 Å². The third kappa shape index (κ3) is 3.88. The number of hydrogen-bond acceptors (Lipinski definition) is 6. The molecule has 0 radical (unpaired) electrons. The number of nitrogens with zero attached hydrogens (tertiary/aromatic N) is 2. The number of aromatic nitrogens is 2. The van der Waals surface area contributed by atoms with Gasteiger partial charge in [0.2, 0.25) is 0 Å². The Morgan fingerprint density at radius 2 is 1.61 bits per heavy atom. The molecule has 1 aromatic heterocycles. The second-order valence-electron chi connectivity index (χ2n) is 6.54. The highest BCUT2D eigenvalue weighted by molar-refractivity contribution is 6.03. The SMILES string of the molecule is Cc1ccc(C(=O)Nc2ccc(Nc3ccc4c(c3)OCCO4)nn2)cc1C. The molecule has 0 atom stereocenters. The summed E-state index contributed by atoms with van der Waals surface area (Å²) in [7, 11) is 0. The van der Waals surface area contributed by atoms with Crippen molar-refractivity contribution in [2.75, 3.05) is 23.8 Å². The number of ether oxygens (including phenoxy) is 2.